The summed E-state index contributed by atoms with van der Waals surface area (Å²) in [7, 11) is 1.55. The third-order valence-electron chi connectivity index (χ3n) is 3.20. The second-order valence-corrected chi connectivity index (χ2v) is 5.68. The summed E-state index contributed by atoms with van der Waals surface area (Å²) in [5, 5.41) is 0.514. The summed E-state index contributed by atoms with van der Waals surface area (Å²) in [6.45, 7) is 0.113. The van der Waals surface area contributed by atoms with E-state index in [1.165, 1.54) is 11.3 Å². The van der Waals surface area contributed by atoms with Crippen LogP contribution in [0.1, 0.15) is 32.4 Å². The van der Waals surface area contributed by atoms with Crippen LogP contribution >= 0.6 is 11.3 Å². The first-order valence-electron chi connectivity index (χ1n) is 6.71. The van der Waals surface area contributed by atoms with Gasteiger partial charge in [0.05, 0.1) is 16.1 Å². The number of hydrogen-bond donors (Lipinski definition) is 0. The minimum absolute atomic E-state index is 0.102. The zero-order valence-electron chi connectivity index (χ0n) is 11.7. The molecule has 0 aliphatic heterocycles. The number of nitrogens with zero attached hydrogens (tertiary/aromatic N) is 1. The van der Waals surface area contributed by atoms with Crippen molar-refractivity contribution < 1.29 is 14.3 Å². The van der Waals surface area contributed by atoms with Gasteiger partial charge < -0.3 is 9.47 Å². The maximum Gasteiger partial charge on any atom is 0.225 e. The average Bonchev–Trinajstić information content (AvgIpc) is 2.96. The van der Waals surface area contributed by atoms with Crippen molar-refractivity contribution in [2.45, 2.75) is 12.8 Å². The number of carbonyl (C=O) groups is 1. The molecule has 0 radical (unpaired) electrons. The fraction of sp³-hybridized carbons (Fsp3) is 0.250. The quantitative estimate of drug-likeness (QED) is 0.628. The van der Waals surface area contributed by atoms with E-state index in [0.717, 1.165) is 23.4 Å². The van der Waals surface area contributed by atoms with Gasteiger partial charge in [0.1, 0.15) is 5.75 Å². The number of ketones is 1. The maximum absolute atomic E-state index is 12.7. The summed E-state index contributed by atoms with van der Waals surface area (Å²) >= 11 is 1.44. The second-order valence-electron chi connectivity index (χ2n) is 4.65. The summed E-state index contributed by atoms with van der Waals surface area (Å²) in [4.78, 5) is 18.2. The Labute approximate surface area is 127 Å². The highest BCUT2D eigenvalue weighted by Gasteiger charge is 2.20. The molecular weight excluding hydrogens is 286 g/mol. The first-order valence-corrected chi connectivity index (χ1v) is 7.53. The number of thiazole rings is 1. The van der Waals surface area contributed by atoms with Gasteiger partial charge in [0.25, 0.3) is 0 Å². The zero-order chi connectivity index (χ0) is 14.7. The van der Waals surface area contributed by atoms with Crippen molar-refractivity contribution in [3.8, 4) is 5.75 Å². The molecule has 4 nitrogen and oxygen atoms in total. The number of fused-ring (bicyclic) bond motifs is 1. The fourth-order valence-electron chi connectivity index (χ4n) is 2.20. The van der Waals surface area contributed by atoms with E-state index in [2.05, 4.69) is 11.1 Å². The van der Waals surface area contributed by atoms with Gasteiger partial charge in [0.2, 0.25) is 5.78 Å². The number of methoxy groups -OCH3 is 1. The molecule has 5 heteroatoms. The lowest BCUT2D eigenvalue weighted by Gasteiger charge is -2.08. The van der Waals surface area contributed by atoms with E-state index in [4.69, 9.17) is 9.47 Å². The van der Waals surface area contributed by atoms with Crippen molar-refractivity contribution >= 4 is 23.2 Å². The predicted octanol–water partition coefficient (Wildman–Crippen LogP) is 3.32. The number of allylic oxidation sites excluding steroid dienone is 1. The molecule has 3 rings (SSSR count). The van der Waals surface area contributed by atoms with Crippen LogP contribution in [0.4, 0.5) is 0 Å². The third kappa shape index (κ3) is 2.89. The number of hydrogen-bond acceptors (Lipinski definition) is 5. The summed E-state index contributed by atoms with van der Waals surface area (Å²) in [5.41, 5.74) is 1.53. The molecule has 2 aromatic rings. The van der Waals surface area contributed by atoms with E-state index in [-0.39, 0.29) is 12.6 Å². The minimum atomic E-state index is -0.102. The van der Waals surface area contributed by atoms with Crippen molar-refractivity contribution in [3.05, 3.63) is 51.5 Å². The Balaban J connectivity index is 1.91. The first kappa shape index (κ1) is 14.0. The summed E-state index contributed by atoms with van der Waals surface area (Å²) in [6.07, 6.45) is 6.04. The van der Waals surface area contributed by atoms with Crippen molar-refractivity contribution in [1.29, 1.82) is 0 Å². The molecule has 1 aromatic carbocycles. The van der Waals surface area contributed by atoms with Crippen molar-refractivity contribution in [1.82, 2.24) is 4.98 Å². The molecule has 0 fully saturated rings. The SMILES string of the molecule is COCOc1ccccc1C(=O)c1nc2c(s1)C=CCC2. The predicted molar refractivity (Wildman–Crippen MR) is 81.8 cm³/mol. The van der Waals surface area contributed by atoms with Gasteiger partial charge in [-0.1, -0.05) is 18.2 Å². The normalized spacial score (nSPS) is 13.0. The molecule has 1 aromatic heterocycles. The smallest absolute Gasteiger partial charge is 0.225 e. The van der Waals surface area contributed by atoms with E-state index in [9.17, 15) is 4.79 Å². The molecule has 1 heterocycles. The standard InChI is InChI=1S/C16H15NO3S/c1-19-10-20-13-8-4-2-6-11(13)15(18)16-17-12-7-3-5-9-14(12)21-16/h2,4-6,8-9H,3,7,10H2,1H3. The van der Waals surface area contributed by atoms with Crippen molar-refractivity contribution in [2.75, 3.05) is 13.9 Å². The maximum atomic E-state index is 12.7. The molecule has 0 N–H and O–H groups in total. The summed E-state index contributed by atoms with van der Waals surface area (Å²) in [6, 6.07) is 7.17. The van der Waals surface area contributed by atoms with Gasteiger partial charge in [-0.05, 0) is 31.1 Å². The van der Waals surface area contributed by atoms with Gasteiger partial charge in [-0.3, -0.25) is 4.79 Å². The number of para-hydroxylation sites is 1. The van der Waals surface area contributed by atoms with Crippen LogP contribution in [-0.4, -0.2) is 24.7 Å². The largest absolute Gasteiger partial charge is 0.467 e. The fourth-order valence-corrected chi connectivity index (χ4v) is 3.19. The Kier molecular flexibility index (Phi) is 4.13. The highest BCUT2D eigenvalue weighted by Crippen LogP contribution is 2.29. The Morgan fingerprint density at radius 3 is 3.05 bits per heavy atom. The van der Waals surface area contributed by atoms with Crippen molar-refractivity contribution in [2.24, 2.45) is 0 Å². The second kappa shape index (κ2) is 6.20. The number of benzene rings is 1. The van der Waals surface area contributed by atoms with Gasteiger partial charge in [-0.2, -0.15) is 0 Å². The molecule has 0 atom stereocenters. The molecule has 0 bridgehead atoms. The van der Waals surface area contributed by atoms with E-state index >= 15 is 0 Å². The van der Waals surface area contributed by atoms with Crippen LogP contribution in [0.2, 0.25) is 0 Å². The monoisotopic (exact) mass is 301 g/mol. The summed E-state index contributed by atoms with van der Waals surface area (Å²) in [5.74, 6) is 0.419. The number of aromatic nitrogens is 1. The number of ether oxygens (including phenoxy) is 2. The van der Waals surface area contributed by atoms with Crippen molar-refractivity contribution in [3.63, 3.8) is 0 Å². The van der Waals surface area contributed by atoms with E-state index in [1.54, 1.807) is 19.2 Å². The Bertz CT molecular complexity index is 691. The van der Waals surface area contributed by atoms with Crippen LogP contribution in [0.25, 0.3) is 6.08 Å². The molecule has 0 saturated heterocycles. The lowest BCUT2D eigenvalue weighted by Crippen LogP contribution is -2.07. The molecule has 0 spiro atoms. The average molecular weight is 301 g/mol. The summed E-state index contributed by atoms with van der Waals surface area (Å²) < 4.78 is 10.3. The molecule has 1 aliphatic rings. The highest BCUT2D eigenvalue weighted by molar-refractivity contribution is 7.14. The van der Waals surface area contributed by atoms with Gasteiger partial charge in [-0.15, -0.1) is 11.3 Å². The number of carbonyl (C=O) groups excluding carboxylic acids is 1. The Morgan fingerprint density at radius 2 is 2.24 bits per heavy atom. The highest BCUT2D eigenvalue weighted by atomic mass is 32.1. The van der Waals surface area contributed by atoms with Crippen LogP contribution in [-0.2, 0) is 11.2 Å². The molecule has 0 saturated carbocycles. The number of aryl methyl sites for hydroxylation is 1. The molecule has 0 amide bonds. The molecule has 108 valence electrons. The van der Waals surface area contributed by atoms with Gasteiger partial charge in [-0.25, -0.2) is 4.98 Å². The Hall–Kier alpha value is -1.98. The van der Waals surface area contributed by atoms with Crippen LogP contribution < -0.4 is 4.74 Å². The topological polar surface area (TPSA) is 48.4 Å². The van der Waals surface area contributed by atoms with Gasteiger partial charge in [0.15, 0.2) is 11.8 Å². The molecule has 0 unspecified atom stereocenters. The minimum Gasteiger partial charge on any atom is -0.467 e. The molecular formula is C16H15NO3S. The van der Waals surface area contributed by atoms with E-state index in [0.29, 0.717) is 16.3 Å². The van der Waals surface area contributed by atoms with Gasteiger partial charge >= 0.3 is 0 Å². The Morgan fingerprint density at radius 1 is 1.38 bits per heavy atom. The van der Waals surface area contributed by atoms with Crippen LogP contribution in [0, 0.1) is 0 Å². The van der Waals surface area contributed by atoms with Crippen LogP contribution in [0.5, 0.6) is 5.75 Å². The molecule has 21 heavy (non-hydrogen) atoms. The van der Waals surface area contributed by atoms with E-state index < -0.39 is 0 Å². The number of rotatable bonds is 5. The lowest BCUT2D eigenvalue weighted by molar-refractivity contribution is 0.0503. The van der Waals surface area contributed by atoms with Crippen LogP contribution in [0.15, 0.2) is 30.3 Å². The van der Waals surface area contributed by atoms with Gasteiger partial charge in [0, 0.05) is 7.11 Å². The molecule has 1 aliphatic carbocycles. The zero-order valence-corrected chi connectivity index (χ0v) is 12.5. The lowest BCUT2D eigenvalue weighted by atomic mass is 10.1. The first-order chi connectivity index (χ1) is 10.3. The van der Waals surface area contributed by atoms with E-state index in [1.807, 2.05) is 18.2 Å². The third-order valence-corrected chi connectivity index (χ3v) is 4.26. The van der Waals surface area contributed by atoms with Crippen LogP contribution in [0.3, 0.4) is 0 Å².